The fourth-order valence-electron chi connectivity index (χ4n) is 1.56. The van der Waals surface area contributed by atoms with E-state index in [1.54, 1.807) is 0 Å². The number of rotatable bonds is 6. The molecule has 0 unspecified atom stereocenters. The molecule has 0 atom stereocenters. The van der Waals surface area contributed by atoms with Gasteiger partial charge in [0.15, 0.2) is 0 Å². The Morgan fingerprint density at radius 1 is 0.882 bits per heavy atom. The van der Waals surface area contributed by atoms with E-state index in [1.165, 1.54) is 16.7 Å². The van der Waals surface area contributed by atoms with Gasteiger partial charge in [0.2, 0.25) is 0 Å². The first kappa shape index (κ1) is 14.2. The Morgan fingerprint density at radius 3 is 1.65 bits per heavy atom. The van der Waals surface area contributed by atoms with E-state index >= 15 is 0 Å². The molecular formula is C15H24O2. The Labute approximate surface area is 105 Å². The third-order valence-electron chi connectivity index (χ3n) is 2.70. The van der Waals surface area contributed by atoms with Crippen molar-refractivity contribution in [2.45, 2.75) is 60.0 Å². The lowest BCUT2D eigenvalue weighted by Crippen LogP contribution is -2.07. The smallest absolute Gasteiger partial charge is 0.0723 e. The highest BCUT2D eigenvalue weighted by molar-refractivity contribution is 5.33. The predicted octanol–water partition coefficient (Wildman–Crippen LogP) is 3.85. The van der Waals surface area contributed by atoms with Crippen LogP contribution in [0.15, 0.2) is 18.2 Å². The number of benzene rings is 1. The lowest BCUT2D eigenvalue weighted by Gasteiger charge is -2.14. The summed E-state index contributed by atoms with van der Waals surface area (Å²) in [4.78, 5) is 0. The number of ether oxygens (including phenoxy) is 2. The van der Waals surface area contributed by atoms with E-state index in [-0.39, 0.29) is 12.2 Å². The Balaban J connectivity index is 2.69. The molecule has 0 aliphatic rings. The van der Waals surface area contributed by atoms with Crippen LogP contribution in [0.25, 0.3) is 0 Å². The van der Waals surface area contributed by atoms with Gasteiger partial charge in [-0.2, -0.15) is 0 Å². The minimum Gasteiger partial charge on any atom is -0.374 e. The first-order valence-electron chi connectivity index (χ1n) is 6.31. The van der Waals surface area contributed by atoms with Crippen molar-refractivity contribution >= 4 is 0 Å². The van der Waals surface area contributed by atoms with Crippen LogP contribution in [0.3, 0.4) is 0 Å². The van der Waals surface area contributed by atoms with Crippen LogP contribution in [-0.4, -0.2) is 12.2 Å². The third kappa shape index (κ3) is 4.88. The molecule has 0 fully saturated rings. The summed E-state index contributed by atoms with van der Waals surface area (Å²) < 4.78 is 11.3. The van der Waals surface area contributed by atoms with Gasteiger partial charge in [-0.05, 0) is 51.3 Å². The van der Waals surface area contributed by atoms with Crippen LogP contribution in [0, 0.1) is 6.92 Å². The van der Waals surface area contributed by atoms with Gasteiger partial charge in [-0.3, -0.25) is 0 Å². The first-order chi connectivity index (χ1) is 8.00. The molecule has 0 aromatic heterocycles. The zero-order valence-electron chi connectivity index (χ0n) is 11.6. The minimum absolute atomic E-state index is 0.268. The Hall–Kier alpha value is -0.860. The van der Waals surface area contributed by atoms with Crippen molar-refractivity contribution in [1.82, 2.24) is 0 Å². The van der Waals surface area contributed by atoms with E-state index in [2.05, 4.69) is 52.8 Å². The second kappa shape index (κ2) is 6.77. The molecule has 1 aromatic carbocycles. The standard InChI is InChI=1S/C15H24O2/c1-11(2)16-9-14-7-6-8-15(13(14)5)10-17-12(3)4/h6-8,11-12H,9-10H2,1-5H3. The molecule has 0 aliphatic carbocycles. The lowest BCUT2D eigenvalue weighted by atomic mass is 10.0. The average molecular weight is 236 g/mol. The van der Waals surface area contributed by atoms with Gasteiger partial charge >= 0.3 is 0 Å². The molecule has 0 amide bonds. The van der Waals surface area contributed by atoms with Gasteiger partial charge in [0.25, 0.3) is 0 Å². The fourth-order valence-corrected chi connectivity index (χ4v) is 1.56. The molecule has 0 radical (unpaired) electrons. The summed E-state index contributed by atoms with van der Waals surface area (Å²) in [6.07, 6.45) is 0.537. The predicted molar refractivity (Wildman–Crippen MR) is 71.0 cm³/mol. The Bertz CT molecular complexity index is 313. The zero-order chi connectivity index (χ0) is 12.8. The van der Waals surface area contributed by atoms with Crippen molar-refractivity contribution in [3.05, 3.63) is 34.9 Å². The normalized spacial score (nSPS) is 11.5. The molecule has 0 saturated carbocycles. The summed E-state index contributed by atoms with van der Waals surface area (Å²) in [6.45, 7) is 11.7. The second-order valence-electron chi connectivity index (χ2n) is 4.92. The average Bonchev–Trinajstić information content (AvgIpc) is 2.25. The zero-order valence-corrected chi connectivity index (χ0v) is 11.6. The van der Waals surface area contributed by atoms with Crippen LogP contribution < -0.4 is 0 Å². The van der Waals surface area contributed by atoms with Gasteiger partial charge in [0, 0.05) is 0 Å². The molecule has 1 rings (SSSR count). The van der Waals surface area contributed by atoms with Gasteiger partial charge in [-0.1, -0.05) is 18.2 Å². The van der Waals surface area contributed by atoms with Gasteiger partial charge in [0.1, 0.15) is 0 Å². The summed E-state index contributed by atoms with van der Waals surface area (Å²) in [6, 6.07) is 6.32. The molecule has 17 heavy (non-hydrogen) atoms. The van der Waals surface area contributed by atoms with Gasteiger partial charge < -0.3 is 9.47 Å². The second-order valence-corrected chi connectivity index (χ2v) is 4.92. The molecule has 0 heterocycles. The summed E-state index contributed by atoms with van der Waals surface area (Å²) >= 11 is 0. The van der Waals surface area contributed by atoms with E-state index in [4.69, 9.17) is 9.47 Å². The molecular weight excluding hydrogens is 212 g/mol. The van der Waals surface area contributed by atoms with Crippen molar-refractivity contribution < 1.29 is 9.47 Å². The molecule has 96 valence electrons. The fraction of sp³-hybridized carbons (Fsp3) is 0.600. The van der Waals surface area contributed by atoms with Crippen LogP contribution in [0.5, 0.6) is 0 Å². The summed E-state index contributed by atoms with van der Waals surface area (Å²) in [5.41, 5.74) is 3.79. The van der Waals surface area contributed by atoms with Gasteiger partial charge in [0.05, 0.1) is 25.4 Å². The molecule has 0 bridgehead atoms. The number of hydrogen-bond donors (Lipinski definition) is 0. The van der Waals surface area contributed by atoms with Crippen LogP contribution in [-0.2, 0) is 22.7 Å². The maximum Gasteiger partial charge on any atom is 0.0723 e. The van der Waals surface area contributed by atoms with E-state index < -0.39 is 0 Å². The van der Waals surface area contributed by atoms with Crippen molar-refractivity contribution in [2.75, 3.05) is 0 Å². The van der Waals surface area contributed by atoms with Crippen molar-refractivity contribution in [3.8, 4) is 0 Å². The topological polar surface area (TPSA) is 18.5 Å². The van der Waals surface area contributed by atoms with Crippen LogP contribution >= 0.6 is 0 Å². The highest BCUT2D eigenvalue weighted by Crippen LogP contribution is 2.17. The molecule has 2 heteroatoms. The maximum absolute atomic E-state index is 5.65. The Kier molecular flexibility index (Phi) is 5.66. The van der Waals surface area contributed by atoms with E-state index in [0.29, 0.717) is 13.2 Å². The molecule has 1 aromatic rings. The maximum atomic E-state index is 5.65. The van der Waals surface area contributed by atoms with E-state index in [1.807, 2.05) is 0 Å². The monoisotopic (exact) mass is 236 g/mol. The van der Waals surface area contributed by atoms with Crippen molar-refractivity contribution in [3.63, 3.8) is 0 Å². The van der Waals surface area contributed by atoms with Crippen LogP contribution in [0.4, 0.5) is 0 Å². The molecule has 0 aliphatic heterocycles. The first-order valence-corrected chi connectivity index (χ1v) is 6.31. The SMILES string of the molecule is Cc1c(COC(C)C)cccc1COC(C)C. The lowest BCUT2D eigenvalue weighted by molar-refractivity contribution is 0.0620. The largest absolute Gasteiger partial charge is 0.374 e. The van der Waals surface area contributed by atoms with Gasteiger partial charge in [-0.15, -0.1) is 0 Å². The number of hydrogen-bond acceptors (Lipinski definition) is 2. The van der Waals surface area contributed by atoms with Crippen molar-refractivity contribution in [2.24, 2.45) is 0 Å². The molecule has 0 N–H and O–H groups in total. The quantitative estimate of drug-likeness (QED) is 0.747. The Morgan fingerprint density at radius 2 is 1.29 bits per heavy atom. The highest BCUT2D eigenvalue weighted by atomic mass is 16.5. The molecule has 0 saturated heterocycles. The van der Waals surface area contributed by atoms with Gasteiger partial charge in [-0.25, -0.2) is 0 Å². The van der Waals surface area contributed by atoms with Crippen LogP contribution in [0.2, 0.25) is 0 Å². The summed E-state index contributed by atoms with van der Waals surface area (Å²) in [5.74, 6) is 0. The molecule has 2 nitrogen and oxygen atoms in total. The third-order valence-corrected chi connectivity index (χ3v) is 2.70. The molecule has 0 spiro atoms. The van der Waals surface area contributed by atoms with Crippen LogP contribution in [0.1, 0.15) is 44.4 Å². The van der Waals surface area contributed by atoms with E-state index in [9.17, 15) is 0 Å². The van der Waals surface area contributed by atoms with E-state index in [0.717, 1.165) is 0 Å². The summed E-state index contributed by atoms with van der Waals surface area (Å²) in [7, 11) is 0. The van der Waals surface area contributed by atoms with Crippen molar-refractivity contribution in [1.29, 1.82) is 0 Å². The highest BCUT2D eigenvalue weighted by Gasteiger charge is 2.06. The summed E-state index contributed by atoms with van der Waals surface area (Å²) in [5, 5.41) is 0. The minimum atomic E-state index is 0.268.